The van der Waals surface area contributed by atoms with E-state index in [1.165, 1.54) is 32.1 Å². The maximum absolute atomic E-state index is 10.7. The molecule has 15 heavy (non-hydrogen) atoms. The molecule has 0 spiro atoms. The fourth-order valence-corrected chi connectivity index (χ4v) is 2.63. The van der Waals surface area contributed by atoms with Gasteiger partial charge in [0.25, 0.3) is 0 Å². The third kappa shape index (κ3) is 3.82. The van der Waals surface area contributed by atoms with Gasteiger partial charge >= 0.3 is 5.97 Å². The van der Waals surface area contributed by atoms with Crippen LogP contribution in [-0.2, 0) is 4.79 Å². The highest BCUT2D eigenvalue weighted by atomic mass is 16.4. The molecule has 0 saturated heterocycles. The number of nitrogens with zero attached hydrogens (tertiary/aromatic N) is 1. The molecule has 1 fully saturated rings. The SMILES string of the molecule is CCN(CC(=O)O)C(C)C1CCCCC1. The fourth-order valence-electron chi connectivity index (χ4n) is 2.63. The number of hydrogen-bond donors (Lipinski definition) is 1. The molecule has 3 heteroatoms. The van der Waals surface area contributed by atoms with Gasteiger partial charge in [-0.1, -0.05) is 26.2 Å². The van der Waals surface area contributed by atoms with E-state index in [0.717, 1.165) is 6.54 Å². The Balaban J connectivity index is 2.46. The summed E-state index contributed by atoms with van der Waals surface area (Å²) in [6, 6.07) is 0.423. The smallest absolute Gasteiger partial charge is 0.317 e. The zero-order valence-corrected chi connectivity index (χ0v) is 9.91. The van der Waals surface area contributed by atoms with Crippen molar-refractivity contribution in [3.8, 4) is 0 Å². The van der Waals surface area contributed by atoms with Gasteiger partial charge in [0, 0.05) is 6.04 Å². The molecule has 0 aromatic rings. The first-order valence-corrected chi connectivity index (χ1v) is 6.11. The van der Waals surface area contributed by atoms with Crippen molar-refractivity contribution < 1.29 is 9.90 Å². The maximum Gasteiger partial charge on any atom is 0.317 e. The van der Waals surface area contributed by atoms with E-state index in [-0.39, 0.29) is 6.54 Å². The second-order valence-electron chi connectivity index (χ2n) is 4.60. The molecule has 0 amide bonds. The van der Waals surface area contributed by atoms with E-state index in [0.29, 0.717) is 12.0 Å². The monoisotopic (exact) mass is 213 g/mol. The van der Waals surface area contributed by atoms with Gasteiger partial charge in [0.1, 0.15) is 0 Å². The Labute approximate surface area is 92.5 Å². The fraction of sp³-hybridized carbons (Fsp3) is 0.917. The van der Waals surface area contributed by atoms with Crippen LogP contribution in [-0.4, -0.2) is 35.1 Å². The van der Waals surface area contributed by atoms with Crippen molar-refractivity contribution in [1.29, 1.82) is 0 Å². The second-order valence-corrected chi connectivity index (χ2v) is 4.60. The zero-order chi connectivity index (χ0) is 11.3. The van der Waals surface area contributed by atoms with Crippen molar-refractivity contribution in [2.24, 2.45) is 5.92 Å². The summed E-state index contributed by atoms with van der Waals surface area (Å²) in [6.45, 7) is 5.25. The van der Waals surface area contributed by atoms with Crippen LogP contribution in [0.3, 0.4) is 0 Å². The van der Waals surface area contributed by atoms with Gasteiger partial charge in [-0.3, -0.25) is 9.69 Å². The zero-order valence-electron chi connectivity index (χ0n) is 9.91. The highest BCUT2D eigenvalue weighted by Gasteiger charge is 2.25. The second kappa shape index (κ2) is 6.11. The summed E-state index contributed by atoms with van der Waals surface area (Å²) in [5.41, 5.74) is 0. The third-order valence-corrected chi connectivity index (χ3v) is 3.65. The Morgan fingerprint density at radius 2 is 2.00 bits per heavy atom. The average Bonchev–Trinajstić information content (AvgIpc) is 2.26. The predicted molar refractivity (Wildman–Crippen MR) is 60.9 cm³/mol. The van der Waals surface area contributed by atoms with Gasteiger partial charge in [0.05, 0.1) is 6.54 Å². The lowest BCUT2D eigenvalue weighted by molar-refractivity contribution is -0.139. The van der Waals surface area contributed by atoms with Crippen LogP contribution in [0.15, 0.2) is 0 Å². The summed E-state index contributed by atoms with van der Waals surface area (Å²) in [5, 5.41) is 8.82. The largest absolute Gasteiger partial charge is 0.480 e. The summed E-state index contributed by atoms with van der Waals surface area (Å²) in [4.78, 5) is 12.8. The molecule has 1 aliphatic carbocycles. The first kappa shape index (κ1) is 12.5. The lowest BCUT2D eigenvalue weighted by Gasteiger charge is -2.35. The molecule has 0 aliphatic heterocycles. The summed E-state index contributed by atoms with van der Waals surface area (Å²) in [7, 11) is 0. The van der Waals surface area contributed by atoms with Gasteiger partial charge < -0.3 is 5.11 Å². The van der Waals surface area contributed by atoms with Crippen LogP contribution in [0.5, 0.6) is 0 Å². The first-order chi connectivity index (χ1) is 7.15. The first-order valence-electron chi connectivity index (χ1n) is 6.11. The van der Waals surface area contributed by atoms with Crippen LogP contribution in [0.2, 0.25) is 0 Å². The number of carboxylic acid groups (broad SMARTS) is 1. The van der Waals surface area contributed by atoms with Gasteiger partial charge in [0.15, 0.2) is 0 Å². The van der Waals surface area contributed by atoms with E-state index in [2.05, 4.69) is 11.8 Å². The minimum Gasteiger partial charge on any atom is -0.480 e. The molecule has 0 aromatic heterocycles. The van der Waals surface area contributed by atoms with Crippen LogP contribution in [0.25, 0.3) is 0 Å². The van der Waals surface area contributed by atoms with Gasteiger partial charge in [0.2, 0.25) is 0 Å². The van der Waals surface area contributed by atoms with Crippen LogP contribution in [0.4, 0.5) is 0 Å². The summed E-state index contributed by atoms with van der Waals surface area (Å²) in [5.74, 6) is -0.00226. The molecule has 1 N–H and O–H groups in total. The van der Waals surface area contributed by atoms with E-state index in [1.54, 1.807) is 0 Å². The molecule has 1 unspecified atom stereocenters. The topological polar surface area (TPSA) is 40.5 Å². The Morgan fingerprint density at radius 3 is 2.47 bits per heavy atom. The van der Waals surface area contributed by atoms with Gasteiger partial charge in [-0.25, -0.2) is 0 Å². The van der Waals surface area contributed by atoms with E-state index in [9.17, 15) is 4.79 Å². The van der Waals surface area contributed by atoms with Gasteiger partial charge in [-0.2, -0.15) is 0 Å². The molecule has 1 saturated carbocycles. The van der Waals surface area contributed by atoms with E-state index < -0.39 is 5.97 Å². The molecule has 0 bridgehead atoms. The van der Waals surface area contributed by atoms with Crippen LogP contribution in [0, 0.1) is 5.92 Å². The van der Waals surface area contributed by atoms with Crippen molar-refractivity contribution in [1.82, 2.24) is 4.90 Å². The highest BCUT2D eigenvalue weighted by Crippen LogP contribution is 2.28. The lowest BCUT2D eigenvalue weighted by Crippen LogP contribution is -2.42. The lowest BCUT2D eigenvalue weighted by atomic mass is 9.84. The molecule has 1 rings (SSSR count). The number of rotatable bonds is 5. The van der Waals surface area contributed by atoms with Gasteiger partial charge in [-0.05, 0) is 32.2 Å². The number of aliphatic carboxylic acids is 1. The van der Waals surface area contributed by atoms with Crippen molar-refractivity contribution in [3.05, 3.63) is 0 Å². The number of likely N-dealkylation sites (N-methyl/N-ethyl adjacent to an activating group) is 1. The van der Waals surface area contributed by atoms with Crippen LogP contribution in [0.1, 0.15) is 46.0 Å². The van der Waals surface area contributed by atoms with Crippen molar-refractivity contribution >= 4 is 5.97 Å². The minimum atomic E-state index is -0.709. The Kier molecular flexibility index (Phi) is 5.09. The molecule has 0 heterocycles. The van der Waals surface area contributed by atoms with Crippen molar-refractivity contribution in [2.45, 2.75) is 52.0 Å². The summed E-state index contributed by atoms with van der Waals surface area (Å²) in [6.07, 6.45) is 6.54. The van der Waals surface area contributed by atoms with E-state index in [4.69, 9.17) is 5.11 Å². The minimum absolute atomic E-state index is 0.189. The molecule has 0 radical (unpaired) electrons. The highest BCUT2D eigenvalue weighted by molar-refractivity contribution is 5.69. The Morgan fingerprint density at radius 1 is 1.40 bits per heavy atom. The van der Waals surface area contributed by atoms with Crippen molar-refractivity contribution in [2.75, 3.05) is 13.1 Å². The molecular weight excluding hydrogens is 190 g/mol. The van der Waals surface area contributed by atoms with Gasteiger partial charge in [-0.15, -0.1) is 0 Å². The molecular formula is C12H23NO2. The Bertz CT molecular complexity index is 200. The van der Waals surface area contributed by atoms with Crippen LogP contribution >= 0.6 is 0 Å². The molecule has 3 nitrogen and oxygen atoms in total. The third-order valence-electron chi connectivity index (χ3n) is 3.65. The quantitative estimate of drug-likeness (QED) is 0.762. The van der Waals surface area contributed by atoms with E-state index >= 15 is 0 Å². The van der Waals surface area contributed by atoms with E-state index in [1.807, 2.05) is 6.92 Å². The normalized spacial score (nSPS) is 20.5. The molecule has 88 valence electrons. The average molecular weight is 213 g/mol. The standard InChI is InChI=1S/C12H23NO2/c1-3-13(9-12(14)15)10(2)11-7-5-4-6-8-11/h10-11H,3-9H2,1-2H3,(H,14,15). The van der Waals surface area contributed by atoms with Crippen molar-refractivity contribution in [3.63, 3.8) is 0 Å². The summed E-state index contributed by atoms with van der Waals surface area (Å²) < 4.78 is 0. The molecule has 1 atom stereocenters. The number of carboxylic acids is 1. The maximum atomic E-state index is 10.7. The number of hydrogen-bond acceptors (Lipinski definition) is 2. The Hall–Kier alpha value is -0.570. The molecule has 0 aromatic carbocycles. The van der Waals surface area contributed by atoms with Crippen LogP contribution < -0.4 is 0 Å². The number of carbonyl (C=O) groups is 1. The summed E-state index contributed by atoms with van der Waals surface area (Å²) >= 11 is 0. The predicted octanol–water partition coefficient (Wildman–Crippen LogP) is 2.36. The molecule has 1 aliphatic rings.